The minimum Gasteiger partial charge on any atom is -0.464 e. The van der Waals surface area contributed by atoms with Crippen LogP contribution in [0.25, 0.3) is 0 Å². The fourth-order valence-corrected chi connectivity index (χ4v) is 2.30. The van der Waals surface area contributed by atoms with Crippen LogP contribution in [-0.4, -0.2) is 52.1 Å². The third kappa shape index (κ3) is 4.17. The molecular formula is C12H23N7O. The number of anilines is 2. The summed E-state index contributed by atoms with van der Waals surface area (Å²) in [5.41, 5.74) is 2.42. The van der Waals surface area contributed by atoms with E-state index in [2.05, 4.69) is 37.5 Å². The molecule has 0 saturated carbocycles. The number of hydrogen-bond acceptors (Lipinski definition) is 8. The minimum absolute atomic E-state index is 0.246. The second kappa shape index (κ2) is 7.20. The van der Waals surface area contributed by atoms with Gasteiger partial charge in [-0.05, 0) is 39.8 Å². The average molecular weight is 281 g/mol. The summed E-state index contributed by atoms with van der Waals surface area (Å²) in [6, 6.07) is 0.516. The van der Waals surface area contributed by atoms with Gasteiger partial charge in [-0.15, -0.1) is 0 Å². The highest BCUT2D eigenvalue weighted by atomic mass is 16.5. The van der Waals surface area contributed by atoms with Gasteiger partial charge < -0.3 is 15.0 Å². The molecule has 0 aromatic carbocycles. The normalized spacial score (nSPS) is 16.9. The van der Waals surface area contributed by atoms with E-state index in [1.165, 1.54) is 25.9 Å². The van der Waals surface area contributed by atoms with Gasteiger partial charge in [-0.2, -0.15) is 15.0 Å². The maximum Gasteiger partial charge on any atom is 0.323 e. The average Bonchev–Trinajstić information content (AvgIpc) is 2.91. The molecule has 2 heterocycles. The quantitative estimate of drug-likeness (QED) is 0.489. The van der Waals surface area contributed by atoms with Crippen LogP contribution >= 0.6 is 0 Å². The molecule has 1 saturated heterocycles. The Bertz CT molecular complexity index is 422. The van der Waals surface area contributed by atoms with Gasteiger partial charge in [-0.3, -0.25) is 5.43 Å². The molecule has 1 fully saturated rings. The van der Waals surface area contributed by atoms with Crippen LogP contribution < -0.4 is 21.3 Å². The van der Waals surface area contributed by atoms with Crippen LogP contribution in [-0.2, 0) is 0 Å². The Hall–Kier alpha value is -1.67. The lowest BCUT2D eigenvalue weighted by Crippen LogP contribution is -2.33. The minimum atomic E-state index is 0.246. The fraction of sp³-hybridized carbons (Fsp3) is 0.750. The number of nitrogens with one attached hydrogen (secondary N) is 2. The Morgan fingerprint density at radius 3 is 2.60 bits per heavy atom. The van der Waals surface area contributed by atoms with Crippen LogP contribution in [0.3, 0.4) is 0 Å². The smallest absolute Gasteiger partial charge is 0.323 e. The Kier molecular flexibility index (Phi) is 5.31. The van der Waals surface area contributed by atoms with Crippen molar-refractivity contribution in [2.24, 2.45) is 5.84 Å². The molecule has 112 valence electrons. The maximum absolute atomic E-state index is 5.35. The third-order valence-electron chi connectivity index (χ3n) is 3.12. The summed E-state index contributed by atoms with van der Waals surface area (Å²) >= 11 is 0. The van der Waals surface area contributed by atoms with Gasteiger partial charge in [0.2, 0.25) is 11.9 Å². The van der Waals surface area contributed by atoms with Gasteiger partial charge in [0.1, 0.15) is 0 Å². The number of rotatable bonds is 7. The zero-order chi connectivity index (χ0) is 14.4. The van der Waals surface area contributed by atoms with Crippen molar-refractivity contribution in [2.45, 2.75) is 32.7 Å². The molecule has 4 N–H and O–H groups in total. The summed E-state index contributed by atoms with van der Waals surface area (Å²) in [6.45, 7) is 7.80. The topological polar surface area (TPSA) is 101 Å². The summed E-state index contributed by atoms with van der Waals surface area (Å²) in [5.74, 6) is 6.12. The summed E-state index contributed by atoms with van der Waals surface area (Å²) in [6.07, 6.45) is 2.57. The predicted molar refractivity (Wildman–Crippen MR) is 77.6 cm³/mol. The molecule has 1 aliphatic rings. The monoisotopic (exact) mass is 281 g/mol. The van der Waals surface area contributed by atoms with Crippen LogP contribution in [0.2, 0.25) is 0 Å². The van der Waals surface area contributed by atoms with Gasteiger partial charge in [0.15, 0.2) is 0 Å². The second-order valence-electron chi connectivity index (χ2n) is 4.90. The number of nitrogens with two attached hydrogens (primary N) is 1. The third-order valence-corrected chi connectivity index (χ3v) is 3.12. The van der Waals surface area contributed by atoms with Gasteiger partial charge in [0, 0.05) is 12.6 Å². The van der Waals surface area contributed by atoms with E-state index < -0.39 is 0 Å². The van der Waals surface area contributed by atoms with E-state index in [-0.39, 0.29) is 12.1 Å². The molecule has 0 spiro atoms. The van der Waals surface area contributed by atoms with Crippen LogP contribution in [0.5, 0.6) is 6.01 Å². The van der Waals surface area contributed by atoms with Crippen LogP contribution in [0.4, 0.5) is 11.9 Å². The molecule has 1 aromatic heterocycles. The Balaban J connectivity index is 1.97. The number of hydrazine groups is 1. The Labute approximate surface area is 119 Å². The summed E-state index contributed by atoms with van der Waals surface area (Å²) in [4.78, 5) is 14.9. The number of nitrogen functional groups attached to an aromatic ring is 1. The molecule has 0 bridgehead atoms. The van der Waals surface area contributed by atoms with Gasteiger partial charge in [0.05, 0.1) is 6.61 Å². The van der Waals surface area contributed by atoms with Crippen LogP contribution in [0, 0.1) is 0 Å². The van der Waals surface area contributed by atoms with Crippen molar-refractivity contribution in [1.29, 1.82) is 0 Å². The van der Waals surface area contributed by atoms with Gasteiger partial charge >= 0.3 is 6.01 Å². The van der Waals surface area contributed by atoms with Crippen molar-refractivity contribution in [3.8, 4) is 6.01 Å². The van der Waals surface area contributed by atoms with E-state index in [1.807, 2.05) is 6.92 Å². The van der Waals surface area contributed by atoms with Gasteiger partial charge in [-0.1, -0.05) is 0 Å². The van der Waals surface area contributed by atoms with Gasteiger partial charge in [-0.25, -0.2) is 5.84 Å². The highest BCUT2D eigenvalue weighted by molar-refractivity contribution is 5.35. The molecule has 1 unspecified atom stereocenters. The van der Waals surface area contributed by atoms with E-state index in [9.17, 15) is 0 Å². The highest BCUT2D eigenvalue weighted by Crippen LogP contribution is 2.13. The van der Waals surface area contributed by atoms with Crippen molar-refractivity contribution in [2.75, 3.05) is 37.0 Å². The molecule has 20 heavy (non-hydrogen) atoms. The van der Waals surface area contributed by atoms with Crippen molar-refractivity contribution >= 4 is 11.9 Å². The lowest BCUT2D eigenvalue weighted by molar-refractivity contribution is 0.311. The molecule has 0 radical (unpaired) electrons. The molecule has 0 aliphatic carbocycles. The maximum atomic E-state index is 5.35. The van der Waals surface area contributed by atoms with Crippen molar-refractivity contribution in [1.82, 2.24) is 19.9 Å². The number of ether oxygens (including phenoxy) is 1. The molecule has 1 aromatic rings. The number of nitrogens with zero attached hydrogens (tertiary/aromatic N) is 4. The van der Waals surface area contributed by atoms with Crippen LogP contribution in [0.15, 0.2) is 0 Å². The first-order chi connectivity index (χ1) is 9.71. The van der Waals surface area contributed by atoms with E-state index in [0.29, 0.717) is 18.5 Å². The molecule has 1 atom stereocenters. The van der Waals surface area contributed by atoms with E-state index in [4.69, 9.17) is 10.6 Å². The first-order valence-electron chi connectivity index (χ1n) is 7.05. The van der Waals surface area contributed by atoms with Gasteiger partial charge in [0.25, 0.3) is 0 Å². The molecular weight excluding hydrogens is 258 g/mol. The van der Waals surface area contributed by atoms with Crippen molar-refractivity contribution in [3.63, 3.8) is 0 Å². The fourth-order valence-electron chi connectivity index (χ4n) is 2.30. The number of likely N-dealkylation sites (tertiary alicyclic amines) is 1. The summed E-state index contributed by atoms with van der Waals surface area (Å²) < 4.78 is 5.30. The van der Waals surface area contributed by atoms with E-state index in [1.54, 1.807) is 0 Å². The largest absolute Gasteiger partial charge is 0.464 e. The Morgan fingerprint density at radius 1 is 1.25 bits per heavy atom. The lowest BCUT2D eigenvalue weighted by atomic mass is 10.3. The lowest BCUT2D eigenvalue weighted by Gasteiger charge is -2.21. The predicted octanol–water partition coefficient (Wildman–Crippen LogP) is 0.452. The standard InChI is InChI=1S/C12H23N7O/c1-3-20-12-16-10(15-11(17-12)18-13)14-9(2)8-19-6-4-5-7-19/h9H,3-8,13H2,1-2H3,(H2,14,15,16,17,18). The SMILES string of the molecule is CCOc1nc(NN)nc(NC(C)CN2CCCC2)n1. The van der Waals surface area contributed by atoms with Crippen LogP contribution in [0.1, 0.15) is 26.7 Å². The van der Waals surface area contributed by atoms with E-state index in [0.717, 1.165) is 6.54 Å². The first-order valence-corrected chi connectivity index (χ1v) is 7.05. The Morgan fingerprint density at radius 2 is 1.95 bits per heavy atom. The number of hydrogen-bond donors (Lipinski definition) is 3. The highest BCUT2D eigenvalue weighted by Gasteiger charge is 2.16. The molecule has 0 amide bonds. The van der Waals surface area contributed by atoms with Crippen molar-refractivity contribution in [3.05, 3.63) is 0 Å². The zero-order valence-electron chi connectivity index (χ0n) is 12.1. The summed E-state index contributed by atoms with van der Waals surface area (Å²) in [7, 11) is 0. The first kappa shape index (κ1) is 14.7. The summed E-state index contributed by atoms with van der Waals surface area (Å²) in [5, 5.41) is 3.26. The van der Waals surface area contributed by atoms with Crippen molar-refractivity contribution < 1.29 is 4.74 Å². The zero-order valence-corrected chi connectivity index (χ0v) is 12.1. The molecule has 2 rings (SSSR count). The molecule has 1 aliphatic heterocycles. The second-order valence-corrected chi connectivity index (χ2v) is 4.90. The number of aromatic nitrogens is 3. The molecule has 8 heteroatoms. The molecule has 8 nitrogen and oxygen atoms in total. The van der Waals surface area contributed by atoms with E-state index >= 15 is 0 Å².